The first-order valence-corrected chi connectivity index (χ1v) is 7.02. The summed E-state index contributed by atoms with van der Waals surface area (Å²) in [4.78, 5) is 22.8. The number of aliphatic hydroxyl groups is 1. The Bertz CT molecular complexity index is 530. The maximum atomic E-state index is 11.8. The highest BCUT2D eigenvalue weighted by Crippen LogP contribution is 2.20. The molecule has 2 rings (SSSR count). The second-order valence-corrected chi connectivity index (χ2v) is 5.38. The monoisotopic (exact) mass is 292 g/mol. The Morgan fingerprint density at radius 2 is 1.95 bits per heavy atom. The molecule has 4 N–H and O–H groups in total. The summed E-state index contributed by atoms with van der Waals surface area (Å²) in [6.07, 6.45) is 1.28. The number of carboxylic acid groups (broad SMARTS) is 1. The Kier molecular flexibility index (Phi) is 4.80. The molecular formula is C15H20N2O4. The molecule has 114 valence electrons. The van der Waals surface area contributed by atoms with Crippen molar-refractivity contribution in [3.63, 3.8) is 0 Å². The van der Waals surface area contributed by atoms with Crippen molar-refractivity contribution in [1.29, 1.82) is 0 Å². The Balaban J connectivity index is 1.91. The molecule has 6 nitrogen and oxygen atoms in total. The van der Waals surface area contributed by atoms with Crippen LogP contribution >= 0.6 is 0 Å². The van der Waals surface area contributed by atoms with E-state index in [0.29, 0.717) is 0 Å². The SMILES string of the molecule is CC(O)C(NC(=O)NC1CCc2ccccc2C1)C(=O)O. The van der Waals surface area contributed by atoms with Crippen LogP contribution in [0.25, 0.3) is 0 Å². The fraction of sp³-hybridized carbons (Fsp3) is 0.467. The average molecular weight is 292 g/mol. The lowest BCUT2D eigenvalue weighted by molar-refractivity contribution is -0.141. The van der Waals surface area contributed by atoms with Crippen LogP contribution in [0, 0.1) is 0 Å². The molecule has 0 saturated carbocycles. The number of hydrogen-bond acceptors (Lipinski definition) is 3. The Hall–Kier alpha value is -2.08. The van der Waals surface area contributed by atoms with Gasteiger partial charge in [-0.1, -0.05) is 24.3 Å². The van der Waals surface area contributed by atoms with E-state index in [1.165, 1.54) is 18.1 Å². The normalized spacial score (nSPS) is 20.0. The summed E-state index contributed by atoms with van der Waals surface area (Å²) >= 11 is 0. The maximum absolute atomic E-state index is 11.8. The molecule has 0 bridgehead atoms. The Labute approximate surface area is 123 Å². The third-order valence-corrected chi connectivity index (χ3v) is 3.72. The number of carbonyl (C=O) groups is 2. The molecule has 0 spiro atoms. The summed E-state index contributed by atoms with van der Waals surface area (Å²) in [6, 6.07) is 6.20. The Morgan fingerprint density at radius 3 is 2.57 bits per heavy atom. The highest BCUT2D eigenvalue weighted by atomic mass is 16.4. The number of aliphatic hydroxyl groups excluding tert-OH is 1. The topological polar surface area (TPSA) is 98.7 Å². The van der Waals surface area contributed by atoms with Crippen molar-refractivity contribution in [1.82, 2.24) is 10.6 Å². The number of nitrogens with one attached hydrogen (secondary N) is 2. The molecule has 2 amide bonds. The molecule has 1 aliphatic rings. The summed E-state index contributed by atoms with van der Waals surface area (Å²) < 4.78 is 0. The fourth-order valence-electron chi connectivity index (χ4n) is 2.58. The Morgan fingerprint density at radius 1 is 1.29 bits per heavy atom. The first-order chi connectivity index (χ1) is 9.97. The fourth-order valence-corrected chi connectivity index (χ4v) is 2.58. The number of aliphatic carboxylic acids is 1. The second kappa shape index (κ2) is 6.58. The van der Waals surface area contributed by atoms with Gasteiger partial charge in [0.2, 0.25) is 0 Å². The van der Waals surface area contributed by atoms with Gasteiger partial charge >= 0.3 is 12.0 Å². The van der Waals surface area contributed by atoms with Gasteiger partial charge in [0.05, 0.1) is 6.10 Å². The van der Waals surface area contributed by atoms with Crippen LogP contribution < -0.4 is 10.6 Å². The molecule has 3 atom stereocenters. The van der Waals surface area contributed by atoms with E-state index in [-0.39, 0.29) is 6.04 Å². The van der Waals surface area contributed by atoms with Crippen molar-refractivity contribution < 1.29 is 19.8 Å². The van der Waals surface area contributed by atoms with E-state index >= 15 is 0 Å². The number of amides is 2. The van der Waals surface area contributed by atoms with Crippen LogP contribution in [0.4, 0.5) is 4.79 Å². The zero-order valence-electron chi connectivity index (χ0n) is 11.9. The smallest absolute Gasteiger partial charge is 0.328 e. The molecule has 1 aliphatic carbocycles. The molecule has 1 aromatic rings. The van der Waals surface area contributed by atoms with E-state index in [4.69, 9.17) is 5.11 Å². The number of benzene rings is 1. The lowest BCUT2D eigenvalue weighted by Crippen LogP contribution is -2.53. The molecule has 6 heteroatoms. The quantitative estimate of drug-likeness (QED) is 0.656. The molecular weight excluding hydrogens is 272 g/mol. The van der Waals surface area contributed by atoms with Crippen molar-refractivity contribution >= 4 is 12.0 Å². The third-order valence-electron chi connectivity index (χ3n) is 3.72. The summed E-state index contributed by atoms with van der Waals surface area (Å²) in [5.41, 5.74) is 2.50. The lowest BCUT2D eigenvalue weighted by Gasteiger charge is -2.26. The minimum absolute atomic E-state index is 0.0247. The number of hydrogen-bond donors (Lipinski definition) is 4. The first-order valence-electron chi connectivity index (χ1n) is 7.02. The van der Waals surface area contributed by atoms with Gasteiger partial charge in [0, 0.05) is 6.04 Å². The van der Waals surface area contributed by atoms with Crippen molar-refractivity contribution in [2.75, 3.05) is 0 Å². The minimum atomic E-state index is -1.30. The first kappa shape index (κ1) is 15.3. The summed E-state index contributed by atoms with van der Waals surface area (Å²) in [7, 11) is 0. The van der Waals surface area contributed by atoms with Crippen LogP contribution in [-0.4, -0.2) is 40.4 Å². The van der Waals surface area contributed by atoms with Crippen LogP contribution in [0.15, 0.2) is 24.3 Å². The number of urea groups is 1. The highest BCUT2D eigenvalue weighted by molar-refractivity contribution is 5.83. The summed E-state index contributed by atoms with van der Waals surface area (Å²) in [5, 5.41) is 23.3. The number of fused-ring (bicyclic) bond motifs is 1. The molecule has 0 fully saturated rings. The van der Waals surface area contributed by atoms with Gasteiger partial charge in [-0.3, -0.25) is 0 Å². The molecule has 0 saturated heterocycles. The van der Waals surface area contributed by atoms with Crippen LogP contribution in [0.3, 0.4) is 0 Å². The van der Waals surface area contributed by atoms with Crippen LogP contribution in [0.1, 0.15) is 24.5 Å². The van der Waals surface area contributed by atoms with Crippen LogP contribution in [0.2, 0.25) is 0 Å². The van der Waals surface area contributed by atoms with Crippen molar-refractivity contribution in [2.24, 2.45) is 0 Å². The zero-order chi connectivity index (χ0) is 15.4. The lowest BCUT2D eigenvalue weighted by atomic mass is 9.88. The van der Waals surface area contributed by atoms with E-state index < -0.39 is 24.1 Å². The van der Waals surface area contributed by atoms with E-state index in [1.54, 1.807) is 0 Å². The number of carbonyl (C=O) groups excluding carboxylic acids is 1. The molecule has 3 unspecified atom stereocenters. The minimum Gasteiger partial charge on any atom is -0.480 e. The zero-order valence-corrected chi connectivity index (χ0v) is 11.9. The standard InChI is InChI=1S/C15H20N2O4/c1-9(18)13(14(19)20)17-15(21)16-12-7-6-10-4-2-3-5-11(10)8-12/h2-5,9,12-13,18H,6-8H2,1H3,(H,19,20)(H2,16,17,21). The molecule has 1 aromatic carbocycles. The van der Waals surface area contributed by atoms with E-state index in [1.807, 2.05) is 18.2 Å². The second-order valence-electron chi connectivity index (χ2n) is 5.38. The molecule has 0 aromatic heterocycles. The van der Waals surface area contributed by atoms with Gasteiger partial charge in [0.25, 0.3) is 0 Å². The van der Waals surface area contributed by atoms with Gasteiger partial charge in [-0.25, -0.2) is 9.59 Å². The number of rotatable bonds is 4. The van der Waals surface area contributed by atoms with Gasteiger partial charge in [-0.15, -0.1) is 0 Å². The largest absolute Gasteiger partial charge is 0.480 e. The average Bonchev–Trinajstić information content (AvgIpc) is 2.44. The van der Waals surface area contributed by atoms with Gasteiger partial charge in [-0.2, -0.15) is 0 Å². The van der Waals surface area contributed by atoms with Crippen LogP contribution in [-0.2, 0) is 17.6 Å². The van der Waals surface area contributed by atoms with E-state index in [2.05, 4.69) is 16.7 Å². The summed E-state index contributed by atoms with van der Waals surface area (Å²) in [6.45, 7) is 1.33. The van der Waals surface area contributed by atoms with Crippen molar-refractivity contribution in [3.8, 4) is 0 Å². The summed E-state index contributed by atoms with van der Waals surface area (Å²) in [5.74, 6) is -1.26. The predicted octanol–water partition coefficient (Wildman–Crippen LogP) is 0.677. The number of aryl methyl sites for hydroxylation is 1. The van der Waals surface area contributed by atoms with Crippen LogP contribution in [0.5, 0.6) is 0 Å². The van der Waals surface area contributed by atoms with Gasteiger partial charge in [0.1, 0.15) is 0 Å². The number of carboxylic acids is 1. The van der Waals surface area contributed by atoms with Crippen molar-refractivity contribution in [3.05, 3.63) is 35.4 Å². The molecule has 0 radical (unpaired) electrons. The molecule has 0 heterocycles. The highest BCUT2D eigenvalue weighted by Gasteiger charge is 2.26. The van der Waals surface area contributed by atoms with Gasteiger partial charge < -0.3 is 20.8 Å². The van der Waals surface area contributed by atoms with E-state index in [9.17, 15) is 14.7 Å². The van der Waals surface area contributed by atoms with Gasteiger partial charge in [-0.05, 0) is 37.3 Å². The maximum Gasteiger partial charge on any atom is 0.328 e. The van der Waals surface area contributed by atoms with E-state index in [0.717, 1.165) is 19.3 Å². The molecule has 0 aliphatic heterocycles. The van der Waals surface area contributed by atoms with Crippen molar-refractivity contribution in [2.45, 2.75) is 44.4 Å². The third kappa shape index (κ3) is 3.95. The molecule has 21 heavy (non-hydrogen) atoms. The predicted molar refractivity (Wildman–Crippen MR) is 77.0 cm³/mol. The van der Waals surface area contributed by atoms with Gasteiger partial charge in [0.15, 0.2) is 6.04 Å².